The maximum atomic E-state index is 14.1. The van der Waals surface area contributed by atoms with Crippen molar-refractivity contribution in [3.8, 4) is 5.75 Å². The zero-order valence-corrected chi connectivity index (χ0v) is 34.6. The van der Waals surface area contributed by atoms with Crippen molar-refractivity contribution in [2.45, 2.75) is 136 Å². The molecule has 290 valence electrons. The highest BCUT2D eigenvalue weighted by Crippen LogP contribution is 2.46. The van der Waals surface area contributed by atoms with E-state index in [2.05, 4.69) is 76.3 Å². The van der Waals surface area contributed by atoms with Crippen LogP contribution < -0.4 is 14.9 Å². The first-order valence-electron chi connectivity index (χ1n) is 18.8. The Morgan fingerprint density at radius 2 is 1.75 bits per heavy atom. The molecule has 0 aromatic heterocycles. The van der Waals surface area contributed by atoms with Gasteiger partial charge in [0.05, 0.1) is 18.6 Å². The van der Waals surface area contributed by atoms with Gasteiger partial charge >= 0.3 is 25.6 Å². The van der Waals surface area contributed by atoms with E-state index in [1.54, 1.807) is 44.2 Å². The van der Waals surface area contributed by atoms with E-state index in [0.29, 0.717) is 25.0 Å². The molecule has 0 spiro atoms. The lowest BCUT2D eigenvalue weighted by molar-refractivity contribution is -0.160. The van der Waals surface area contributed by atoms with Crippen LogP contribution in [0.15, 0.2) is 54.1 Å². The van der Waals surface area contributed by atoms with Gasteiger partial charge in [0.1, 0.15) is 30.3 Å². The number of amides is 1. The summed E-state index contributed by atoms with van der Waals surface area (Å²) in [4.78, 5) is 38.8. The summed E-state index contributed by atoms with van der Waals surface area (Å²) < 4.78 is 43.9. The summed E-state index contributed by atoms with van der Waals surface area (Å²) in [6, 6.07) is 7.61. The summed E-state index contributed by atoms with van der Waals surface area (Å²) in [6.45, 7) is 20.3. The van der Waals surface area contributed by atoms with Gasteiger partial charge in [0, 0.05) is 12.3 Å². The van der Waals surface area contributed by atoms with Crippen LogP contribution in [-0.4, -0.2) is 63.1 Å². The molecule has 0 saturated carbocycles. The molecule has 13 heteroatoms. The third-order valence-electron chi connectivity index (χ3n) is 10.7. The maximum absolute atomic E-state index is 14.1. The molecule has 1 aliphatic heterocycles. The predicted molar refractivity (Wildman–Crippen MR) is 204 cm³/mol. The lowest BCUT2D eigenvalue weighted by Crippen LogP contribution is -2.47. The zero-order chi connectivity index (χ0) is 38.4. The normalized spacial score (nSPS) is 28.1. The molecular formula is C39H61N2O9PSi. The monoisotopic (exact) mass is 760 g/mol. The van der Waals surface area contributed by atoms with Crippen LogP contribution in [0.2, 0.25) is 18.1 Å². The number of carbonyl (C=O) groups excluding carboxylic acids is 3. The standard InChI is InChI=1S/C39H61N2O9PSi/c1-25(2)46-37(43)28(5)41-51(45,49-30-14-12-11-13-15-30)24-40-38(44)48-34-21-26(3)20-29-17-16-27(4)33(36(29)34)19-18-31-22-32(23-35(42)47-31)50-52(9,10)39(6,7)8/h11-17,20,25-28,31-34,36H,18-19,21-24H2,1-10H3,(H,40,44)(H,41,45)/t26-,27-,28-,31+,32+,33-,34-,36-,51?/m0/s1. The van der Waals surface area contributed by atoms with Gasteiger partial charge in [0.25, 0.3) is 0 Å². The number of hydrogen-bond acceptors (Lipinski definition) is 9. The molecule has 2 N–H and O–H groups in total. The second kappa shape index (κ2) is 17.5. The Bertz CT molecular complexity index is 1510. The van der Waals surface area contributed by atoms with Gasteiger partial charge in [-0.15, -0.1) is 0 Å². The number of cyclic esters (lactones) is 1. The Kier molecular flexibility index (Phi) is 14.1. The van der Waals surface area contributed by atoms with Crippen LogP contribution in [-0.2, 0) is 32.8 Å². The molecule has 1 amide bonds. The summed E-state index contributed by atoms with van der Waals surface area (Å²) in [7, 11) is -5.92. The van der Waals surface area contributed by atoms with E-state index in [1.165, 1.54) is 6.92 Å². The molecule has 1 aromatic carbocycles. The summed E-state index contributed by atoms with van der Waals surface area (Å²) in [5.74, 6) is -0.00819. The number of allylic oxidation sites excluding steroid dienone is 3. The largest absolute Gasteiger partial charge is 0.462 e. The van der Waals surface area contributed by atoms with Gasteiger partial charge < -0.3 is 28.5 Å². The Hall–Kier alpha value is -2.92. The van der Waals surface area contributed by atoms with Crippen LogP contribution in [0.5, 0.6) is 5.75 Å². The Balaban J connectivity index is 1.44. The lowest BCUT2D eigenvalue weighted by atomic mass is 9.65. The summed E-state index contributed by atoms with van der Waals surface area (Å²) >= 11 is 0. The number of fused-ring (bicyclic) bond motifs is 1. The van der Waals surface area contributed by atoms with Crippen LogP contribution >= 0.6 is 7.52 Å². The summed E-state index contributed by atoms with van der Waals surface area (Å²) in [5.41, 5.74) is 1.14. The van der Waals surface area contributed by atoms with Gasteiger partial charge in [0.15, 0.2) is 8.32 Å². The number of rotatable bonds is 14. The van der Waals surface area contributed by atoms with Crippen molar-refractivity contribution >= 4 is 33.9 Å². The Morgan fingerprint density at radius 3 is 2.40 bits per heavy atom. The third-order valence-corrected chi connectivity index (χ3v) is 17.1. The first-order valence-corrected chi connectivity index (χ1v) is 23.5. The molecule has 2 aliphatic carbocycles. The van der Waals surface area contributed by atoms with Crippen molar-refractivity contribution in [3.05, 3.63) is 54.1 Å². The minimum atomic E-state index is -3.86. The van der Waals surface area contributed by atoms with Crippen molar-refractivity contribution in [2.75, 3.05) is 6.29 Å². The fourth-order valence-corrected chi connectivity index (χ4v) is 10.2. The number of para-hydroxylation sites is 1. The highest BCUT2D eigenvalue weighted by Gasteiger charge is 2.44. The SMILES string of the molecule is CC(C)OC(=O)[C@H](C)NP(=O)(CNC(=O)O[C@H]1C[C@@H](C)C=C2C=C[C@H](C)[C@H](CC[C@@H]3C[C@@H](O[Si](C)(C)C(C)(C)C)CC(=O)O3)[C@H]21)Oc1ccccc1. The quantitative estimate of drug-likeness (QED) is 0.0822. The fraction of sp³-hybridized carbons (Fsp3) is 0.667. The Morgan fingerprint density at radius 1 is 1.06 bits per heavy atom. The number of hydrogen-bond donors (Lipinski definition) is 2. The minimum absolute atomic E-state index is 0.0398. The van der Waals surface area contributed by atoms with Crippen LogP contribution in [0.3, 0.4) is 0 Å². The molecule has 1 unspecified atom stereocenters. The molecule has 0 bridgehead atoms. The van der Waals surface area contributed by atoms with Gasteiger partial charge in [-0.2, -0.15) is 0 Å². The van der Waals surface area contributed by atoms with E-state index in [9.17, 15) is 18.9 Å². The molecule has 9 atom stereocenters. The summed E-state index contributed by atoms with van der Waals surface area (Å²) in [6.07, 6.45) is 7.36. The number of carbonyl (C=O) groups is 3. The molecule has 1 fully saturated rings. The van der Waals surface area contributed by atoms with Crippen LogP contribution in [0.25, 0.3) is 0 Å². The third kappa shape index (κ3) is 11.5. The van der Waals surface area contributed by atoms with Gasteiger partial charge in [-0.05, 0) is 93.6 Å². The van der Waals surface area contributed by atoms with Crippen molar-refractivity contribution < 1.29 is 42.1 Å². The lowest BCUT2D eigenvalue weighted by Gasteiger charge is -2.44. The molecule has 1 heterocycles. The smallest absolute Gasteiger partial charge is 0.407 e. The maximum Gasteiger partial charge on any atom is 0.407 e. The second-order valence-electron chi connectivity index (χ2n) is 16.6. The van der Waals surface area contributed by atoms with E-state index < -0.39 is 46.3 Å². The fourth-order valence-electron chi connectivity index (χ4n) is 7.09. The second-order valence-corrected chi connectivity index (χ2v) is 23.5. The number of nitrogens with one attached hydrogen (secondary N) is 2. The number of benzene rings is 1. The molecule has 11 nitrogen and oxygen atoms in total. The molecule has 52 heavy (non-hydrogen) atoms. The zero-order valence-electron chi connectivity index (χ0n) is 32.7. The average Bonchev–Trinajstić information content (AvgIpc) is 3.02. The van der Waals surface area contributed by atoms with Crippen molar-refractivity contribution in [2.24, 2.45) is 23.7 Å². The number of alkyl carbamates (subject to hydrolysis) is 1. The topological polar surface area (TPSA) is 138 Å². The van der Waals surface area contributed by atoms with Crippen molar-refractivity contribution in [1.29, 1.82) is 0 Å². The number of ether oxygens (including phenoxy) is 3. The van der Waals surface area contributed by atoms with Crippen molar-refractivity contribution in [1.82, 2.24) is 10.4 Å². The predicted octanol–water partition coefficient (Wildman–Crippen LogP) is 8.52. The first kappa shape index (κ1) is 41.8. The van der Waals surface area contributed by atoms with E-state index >= 15 is 0 Å². The van der Waals surface area contributed by atoms with E-state index in [4.69, 9.17) is 23.2 Å². The molecule has 1 saturated heterocycles. The number of esters is 2. The van der Waals surface area contributed by atoms with Crippen LogP contribution in [0.1, 0.15) is 87.5 Å². The molecule has 3 aliphatic rings. The highest BCUT2D eigenvalue weighted by atomic mass is 31.2. The first-order chi connectivity index (χ1) is 24.2. The molecule has 0 radical (unpaired) electrons. The van der Waals surface area contributed by atoms with E-state index in [1.807, 2.05) is 0 Å². The molecular weight excluding hydrogens is 699 g/mol. The van der Waals surface area contributed by atoms with Gasteiger partial charge in [-0.3, -0.25) is 14.2 Å². The van der Waals surface area contributed by atoms with Crippen LogP contribution in [0.4, 0.5) is 4.79 Å². The summed E-state index contributed by atoms with van der Waals surface area (Å²) in [5, 5.41) is 5.48. The average molecular weight is 761 g/mol. The Labute approximate surface area is 311 Å². The van der Waals surface area contributed by atoms with Gasteiger partial charge in [-0.25, -0.2) is 9.88 Å². The molecule has 1 aromatic rings. The van der Waals surface area contributed by atoms with Crippen molar-refractivity contribution in [3.63, 3.8) is 0 Å². The molecule has 4 rings (SSSR count). The van der Waals surface area contributed by atoms with Crippen LogP contribution in [0, 0.1) is 23.7 Å². The van der Waals surface area contributed by atoms with E-state index in [0.717, 1.165) is 12.0 Å². The highest BCUT2D eigenvalue weighted by molar-refractivity contribution is 7.57. The minimum Gasteiger partial charge on any atom is -0.462 e. The van der Waals surface area contributed by atoms with Gasteiger partial charge in [-0.1, -0.05) is 71.0 Å². The van der Waals surface area contributed by atoms with Gasteiger partial charge in [0.2, 0.25) is 0 Å². The van der Waals surface area contributed by atoms with E-state index in [-0.39, 0.29) is 59.4 Å².